The van der Waals surface area contributed by atoms with Gasteiger partial charge in [0, 0.05) is 39.6 Å². The van der Waals surface area contributed by atoms with E-state index in [9.17, 15) is 19.8 Å². The molecule has 0 heterocycles. The van der Waals surface area contributed by atoms with Crippen LogP contribution < -0.4 is 0 Å². The predicted octanol–water partition coefficient (Wildman–Crippen LogP) is 35.9. The number of unbranched alkanes of at least 4 members (excludes halogenated alkanes) is 54. The van der Waals surface area contributed by atoms with Gasteiger partial charge in [0.15, 0.2) is 0 Å². The number of rotatable bonds is 112. The summed E-state index contributed by atoms with van der Waals surface area (Å²) in [4.78, 5) is 31.2. The average molecular weight is 1970 g/mol. The van der Waals surface area contributed by atoms with Gasteiger partial charge in [-0.1, -0.05) is 416 Å². The Morgan fingerprint density at radius 2 is 0.463 bits per heavy atom. The molecule has 14 nitrogen and oxygen atoms in total. The largest absolute Gasteiger partial charge is 0.465 e. The van der Waals surface area contributed by atoms with Crippen molar-refractivity contribution in [1.29, 1.82) is 0 Å². The molecular formula is C116H238N2O12S2Si2. The summed E-state index contributed by atoms with van der Waals surface area (Å²) in [7, 11) is -4.69. The van der Waals surface area contributed by atoms with Crippen LogP contribution in [0.5, 0.6) is 0 Å². The molecule has 0 saturated heterocycles. The van der Waals surface area contributed by atoms with Gasteiger partial charge in [0.25, 0.3) is 0 Å². The maximum absolute atomic E-state index is 13.0. The van der Waals surface area contributed by atoms with Gasteiger partial charge in [0.05, 0.1) is 13.2 Å². The second-order valence-corrected chi connectivity index (χ2v) is 51.0. The molecule has 0 saturated carbocycles. The van der Waals surface area contributed by atoms with Crippen molar-refractivity contribution < 1.29 is 56.5 Å². The molecule has 0 aliphatic carbocycles. The number of hydrogen-bond donors (Lipinski definition) is 2. The number of carbonyl (C=O) groups is 2. The number of hydrogen-bond acceptors (Lipinski definition) is 16. The molecular weight excluding hydrogens is 1730 g/mol. The molecule has 0 aromatic rings. The standard InChI is InChI=1S/2C58H119NO6SSi/c2*1-8-13-18-22-24-25-32-42-53-66-56(45-17-12-5)58(61)63-52-41-31-29-37-48-59(49-38-39-50-60)47-36-28-30-40-51-62-57(46-35-26-20-15-10-3)65-67(6,7)64-54-55(43-33-21-16-11-4)44-34-27-23-19-14-9-2/h2*55-57,60H,8-54H2,1-7H3. The van der Waals surface area contributed by atoms with Crippen LogP contribution >= 0.6 is 23.5 Å². The van der Waals surface area contributed by atoms with Crippen LogP contribution in [-0.2, 0) is 46.2 Å². The van der Waals surface area contributed by atoms with Crippen molar-refractivity contribution in [2.75, 3.05) is 104 Å². The van der Waals surface area contributed by atoms with E-state index in [4.69, 9.17) is 36.7 Å². The highest BCUT2D eigenvalue weighted by Gasteiger charge is 2.33. The lowest BCUT2D eigenvalue weighted by molar-refractivity contribution is -0.144. The van der Waals surface area contributed by atoms with E-state index >= 15 is 0 Å². The van der Waals surface area contributed by atoms with Crippen molar-refractivity contribution >= 4 is 52.6 Å². The zero-order valence-corrected chi connectivity index (χ0v) is 96.3. The second-order valence-electron chi connectivity index (χ2n) is 41.7. The summed E-state index contributed by atoms with van der Waals surface area (Å²) in [5.74, 6) is 3.48. The quantitative estimate of drug-likeness (QED) is 0.0257. The smallest absolute Gasteiger partial charge is 0.333 e. The van der Waals surface area contributed by atoms with Gasteiger partial charge in [-0.3, -0.25) is 9.59 Å². The van der Waals surface area contributed by atoms with Gasteiger partial charge in [-0.05, 0) is 243 Å². The van der Waals surface area contributed by atoms with Crippen molar-refractivity contribution in [2.24, 2.45) is 11.8 Å². The Bertz CT molecular complexity index is 2140. The molecule has 18 heteroatoms. The molecule has 0 aliphatic heterocycles. The van der Waals surface area contributed by atoms with E-state index in [1.807, 2.05) is 23.5 Å². The van der Waals surface area contributed by atoms with Crippen LogP contribution in [0, 0.1) is 11.8 Å². The Balaban J connectivity index is 0. The SMILES string of the molecule is CCCCCCCCCCSC(CCCC)C(=O)OCCCCCCN(CCCCO)CCCCCCOC(CCCCCCC)O[Si](C)(C)OCC(CCCCCC)CCCCCCCC.CCCCCCCCCCSC(CCCC)C(=O)OCCCCCCN(CCCCO)CCCCCCOC(CCCCCCC)O[Si](C)(C)OCC(CCCCCC)CCCCCCCC. The molecule has 0 spiro atoms. The molecule has 0 radical (unpaired) electrons. The molecule has 0 bridgehead atoms. The maximum atomic E-state index is 13.0. The number of nitrogens with zero attached hydrogens (tertiary/aromatic N) is 2. The summed E-state index contributed by atoms with van der Waals surface area (Å²) in [6.45, 7) is 43.2. The van der Waals surface area contributed by atoms with Gasteiger partial charge in [0.1, 0.15) is 23.1 Å². The third-order valence-corrected chi connectivity index (χ3v) is 33.3. The number of aliphatic hydroxyl groups excluding tert-OH is 2. The first-order valence-electron chi connectivity index (χ1n) is 59.6. The minimum absolute atomic E-state index is 0.00626. The van der Waals surface area contributed by atoms with E-state index in [2.05, 4.69) is 105 Å². The van der Waals surface area contributed by atoms with Crippen LogP contribution in [0.25, 0.3) is 0 Å². The van der Waals surface area contributed by atoms with Gasteiger partial charge in [-0.2, -0.15) is 0 Å². The minimum atomic E-state index is -2.34. The summed E-state index contributed by atoms with van der Waals surface area (Å²) < 4.78 is 51.8. The maximum Gasteiger partial charge on any atom is 0.333 e. The van der Waals surface area contributed by atoms with E-state index in [0.29, 0.717) is 25.0 Å². The molecule has 0 rings (SSSR count). The summed E-state index contributed by atoms with van der Waals surface area (Å²) >= 11 is 3.68. The highest BCUT2D eigenvalue weighted by molar-refractivity contribution is 8.00. The molecule has 0 aromatic heterocycles. The van der Waals surface area contributed by atoms with E-state index in [0.717, 1.165) is 206 Å². The van der Waals surface area contributed by atoms with Gasteiger partial charge in [-0.15, -0.1) is 23.5 Å². The highest BCUT2D eigenvalue weighted by atomic mass is 32.2. The van der Waals surface area contributed by atoms with Crippen LogP contribution in [0.2, 0.25) is 26.2 Å². The van der Waals surface area contributed by atoms with Crippen LogP contribution in [0.3, 0.4) is 0 Å². The minimum Gasteiger partial charge on any atom is -0.465 e. The number of esters is 2. The van der Waals surface area contributed by atoms with E-state index < -0.39 is 17.1 Å². The Kier molecular flexibility index (Phi) is 110. The van der Waals surface area contributed by atoms with Crippen LogP contribution in [0.4, 0.5) is 0 Å². The third kappa shape index (κ3) is 97.7. The van der Waals surface area contributed by atoms with Crippen molar-refractivity contribution in [3.05, 3.63) is 0 Å². The number of carbonyl (C=O) groups excluding carboxylic acids is 2. The van der Waals surface area contributed by atoms with Crippen molar-refractivity contribution in [1.82, 2.24) is 9.80 Å². The molecule has 6 unspecified atom stereocenters. The first-order valence-corrected chi connectivity index (χ1v) is 67.3. The predicted molar refractivity (Wildman–Crippen MR) is 594 cm³/mol. The van der Waals surface area contributed by atoms with E-state index in [1.54, 1.807) is 0 Å². The number of ether oxygens (including phenoxy) is 4. The van der Waals surface area contributed by atoms with E-state index in [1.165, 1.54) is 372 Å². The lowest BCUT2D eigenvalue weighted by atomic mass is 9.95. The Labute approximate surface area is 848 Å². The molecule has 0 amide bonds. The van der Waals surface area contributed by atoms with Crippen molar-refractivity contribution in [3.63, 3.8) is 0 Å². The zero-order valence-electron chi connectivity index (χ0n) is 92.6. The second kappa shape index (κ2) is 108. The fourth-order valence-corrected chi connectivity index (χ4v) is 23.7. The molecule has 0 fully saturated rings. The normalized spacial score (nSPS) is 13.4. The molecule has 0 aliphatic rings. The molecule has 134 heavy (non-hydrogen) atoms. The van der Waals surface area contributed by atoms with Crippen LogP contribution in [-0.4, -0.2) is 176 Å². The molecule has 804 valence electrons. The average Bonchev–Trinajstić information content (AvgIpc) is 0.891. The molecule has 2 N–H and O–H groups in total. The zero-order chi connectivity index (χ0) is 98.3. The van der Waals surface area contributed by atoms with Crippen molar-refractivity contribution in [2.45, 2.75) is 619 Å². The molecule has 0 aromatic carbocycles. The summed E-state index contributed by atoms with van der Waals surface area (Å²) in [5, 5.41) is 18.9. The van der Waals surface area contributed by atoms with Gasteiger partial charge in [-0.25, -0.2) is 0 Å². The van der Waals surface area contributed by atoms with Gasteiger partial charge < -0.3 is 56.7 Å². The topological polar surface area (TPSA) is 155 Å². The Morgan fingerprint density at radius 3 is 0.731 bits per heavy atom. The summed E-state index contributed by atoms with van der Waals surface area (Å²) in [5.41, 5.74) is 0. The van der Waals surface area contributed by atoms with Gasteiger partial charge in [0.2, 0.25) is 0 Å². The lowest BCUT2D eigenvalue weighted by Crippen LogP contribution is -2.41. The highest BCUT2D eigenvalue weighted by Crippen LogP contribution is 2.30. The first kappa shape index (κ1) is 136. The first-order chi connectivity index (χ1) is 65.5. The van der Waals surface area contributed by atoms with Crippen LogP contribution in [0.1, 0.15) is 570 Å². The number of aliphatic hydroxyl groups is 2. The molecule has 6 atom stereocenters. The lowest BCUT2D eigenvalue weighted by Gasteiger charge is -2.31. The summed E-state index contributed by atoms with van der Waals surface area (Å²) in [6.07, 6.45) is 95.8. The van der Waals surface area contributed by atoms with E-state index in [-0.39, 0.29) is 48.2 Å². The summed E-state index contributed by atoms with van der Waals surface area (Å²) in [6, 6.07) is 0. The monoisotopic (exact) mass is 1970 g/mol. The Morgan fingerprint density at radius 1 is 0.246 bits per heavy atom. The number of thioether (sulfide) groups is 2. The third-order valence-electron chi connectivity index (χ3n) is 27.2. The van der Waals surface area contributed by atoms with Gasteiger partial charge >= 0.3 is 29.1 Å². The van der Waals surface area contributed by atoms with Crippen molar-refractivity contribution in [3.8, 4) is 0 Å². The Hall–Kier alpha value is -0.326. The fraction of sp³-hybridized carbons (Fsp3) is 0.983. The van der Waals surface area contributed by atoms with Crippen LogP contribution in [0.15, 0.2) is 0 Å². The fourth-order valence-electron chi connectivity index (χ4n) is 18.2.